The molecule has 0 radical (unpaired) electrons. The van der Waals surface area contributed by atoms with E-state index in [2.05, 4.69) is 14.7 Å². The highest BCUT2D eigenvalue weighted by atomic mass is 35.5. The highest BCUT2D eigenvalue weighted by molar-refractivity contribution is 7.89. The van der Waals surface area contributed by atoms with E-state index in [1.54, 1.807) is 25.1 Å². The summed E-state index contributed by atoms with van der Waals surface area (Å²) in [6.45, 7) is 2.50. The number of hydrogen-bond donors (Lipinski definition) is 1. The van der Waals surface area contributed by atoms with Gasteiger partial charge >= 0.3 is 0 Å². The number of fused-ring (bicyclic) bond motifs is 1. The number of nitrogens with zero attached hydrogens (tertiary/aromatic N) is 3. The summed E-state index contributed by atoms with van der Waals surface area (Å²) in [7, 11) is -2.08. The molecule has 3 rings (SSSR count). The van der Waals surface area contributed by atoms with E-state index in [-0.39, 0.29) is 4.90 Å². The van der Waals surface area contributed by atoms with Gasteiger partial charge in [-0.05, 0) is 38.1 Å². The Labute approximate surface area is 134 Å². The molecule has 1 aliphatic heterocycles. The van der Waals surface area contributed by atoms with Gasteiger partial charge in [0.1, 0.15) is 16.8 Å². The zero-order valence-corrected chi connectivity index (χ0v) is 13.7. The molecule has 0 saturated heterocycles. The van der Waals surface area contributed by atoms with Crippen molar-refractivity contribution in [3.05, 3.63) is 40.8 Å². The normalized spacial score (nSPS) is 14.2. The molecule has 0 amide bonds. The first-order valence-corrected chi connectivity index (χ1v) is 8.62. The summed E-state index contributed by atoms with van der Waals surface area (Å²) in [5, 5.41) is 0.370. The van der Waals surface area contributed by atoms with E-state index in [4.69, 9.17) is 11.6 Å². The van der Waals surface area contributed by atoms with Gasteiger partial charge in [0.15, 0.2) is 0 Å². The minimum Gasteiger partial charge on any atom is -0.326 e. The van der Waals surface area contributed by atoms with Crippen LogP contribution in [0, 0.1) is 6.92 Å². The Morgan fingerprint density at radius 2 is 2.05 bits per heavy atom. The summed E-state index contributed by atoms with van der Waals surface area (Å²) in [5.41, 5.74) is 1.92. The molecule has 1 aromatic heterocycles. The molecule has 1 aliphatic rings. The van der Waals surface area contributed by atoms with Gasteiger partial charge in [-0.25, -0.2) is 23.1 Å². The zero-order valence-electron chi connectivity index (χ0n) is 12.2. The SMILES string of the molecule is CNS(=O)(=O)c1ccc2c(c1)N(c1cc(Cl)nc(C)n1)CC2. The number of benzene rings is 1. The fourth-order valence-corrected chi connectivity index (χ4v) is 3.51. The van der Waals surface area contributed by atoms with Gasteiger partial charge in [-0.3, -0.25) is 0 Å². The predicted molar refractivity (Wildman–Crippen MR) is 85.2 cm³/mol. The third kappa shape index (κ3) is 2.67. The number of hydrogen-bond acceptors (Lipinski definition) is 5. The zero-order chi connectivity index (χ0) is 15.9. The molecule has 0 saturated carbocycles. The first-order chi connectivity index (χ1) is 10.4. The Morgan fingerprint density at radius 1 is 1.27 bits per heavy atom. The van der Waals surface area contributed by atoms with Crippen molar-refractivity contribution in [1.29, 1.82) is 0 Å². The lowest BCUT2D eigenvalue weighted by atomic mass is 10.2. The largest absolute Gasteiger partial charge is 0.326 e. The fraction of sp³-hybridized carbons (Fsp3) is 0.286. The Bertz CT molecular complexity index is 818. The van der Waals surface area contributed by atoms with E-state index in [1.807, 2.05) is 11.0 Å². The van der Waals surface area contributed by atoms with Crippen molar-refractivity contribution in [3.8, 4) is 0 Å². The molecule has 0 fully saturated rings. The molecule has 6 nitrogen and oxygen atoms in total. The number of aromatic nitrogens is 2. The summed E-state index contributed by atoms with van der Waals surface area (Å²) in [6.07, 6.45) is 0.829. The Morgan fingerprint density at radius 3 is 2.73 bits per heavy atom. The fourth-order valence-electron chi connectivity index (χ4n) is 2.54. The van der Waals surface area contributed by atoms with Crippen molar-refractivity contribution in [1.82, 2.24) is 14.7 Å². The van der Waals surface area contributed by atoms with Crippen LogP contribution in [0.5, 0.6) is 0 Å². The van der Waals surface area contributed by atoms with Crippen LogP contribution in [-0.4, -0.2) is 32.0 Å². The molecule has 0 atom stereocenters. The van der Waals surface area contributed by atoms with Gasteiger partial charge in [0, 0.05) is 18.3 Å². The predicted octanol–water partition coefficient (Wildman–Crippen LogP) is 2.04. The monoisotopic (exact) mass is 338 g/mol. The molecular formula is C14H15ClN4O2S. The van der Waals surface area contributed by atoms with E-state index in [1.165, 1.54) is 7.05 Å². The maximum Gasteiger partial charge on any atom is 0.240 e. The Hall–Kier alpha value is -1.70. The topological polar surface area (TPSA) is 75.2 Å². The molecule has 2 heterocycles. The van der Waals surface area contributed by atoms with Crippen molar-refractivity contribution in [3.63, 3.8) is 0 Å². The first-order valence-electron chi connectivity index (χ1n) is 6.76. The van der Waals surface area contributed by atoms with Gasteiger partial charge in [0.2, 0.25) is 10.0 Å². The van der Waals surface area contributed by atoms with Crippen molar-refractivity contribution in [2.24, 2.45) is 0 Å². The maximum atomic E-state index is 12.0. The van der Waals surface area contributed by atoms with Gasteiger partial charge < -0.3 is 4.90 Å². The van der Waals surface area contributed by atoms with Crippen LogP contribution in [-0.2, 0) is 16.4 Å². The van der Waals surface area contributed by atoms with Crippen molar-refractivity contribution >= 4 is 33.1 Å². The summed E-state index contributed by atoms with van der Waals surface area (Å²) < 4.78 is 26.3. The average Bonchev–Trinajstić information content (AvgIpc) is 2.89. The minimum atomic E-state index is -3.48. The molecule has 116 valence electrons. The van der Waals surface area contributed by atoms with Gasteiger partial charge in [-0.15, -0.1) is 0 Å². The molecule has 0 unspecified atom stereocenters. The van der Waals surface area contributed by atoms with Crippen LogP contribution < -0.4 is 9.62 Å². The van der Waals surface area contributed by atoms with Crippen LogP contribution >= 0.6 is 11.6 Å². The number of sulfonamides is 1. The highest BCUT2D eigenvalue weighted by Crippen LogP contribution is 2.35. The molecule has 0 spiro atoms. The number of rotatable bonds is 3. The Balaban J connectivity index is 2.09. The first kappa shape index (κ1) is 15.2. The van der Waals surface area contributed by atoms with E-state index >= 15 is 0 Å². The van der Waals surface area contributed by atoms with E-state index < -0.39 is 10.0 Å². The van der Waals surface area contributed by atoms with Crippen molar-refractivity contribution in [2.75, 3.05) is 18.5 Å². The maximum absolute atomic E-state index is 12.0. The second-order valence-corrected chi connectivity index (χ2v) is 7.27. The third-order valence-corrected chi connectivity index (χ3v) is 5.21. The number of aryl methyl sites for hydroxylation is 1. The quantitative estimate of drug-likeness (QED) is 0.867. The van der Waals surface area contributed by atoms with Crippen molar-refractivity contribution < 1.29 is 8.42 Å². The van der Waals surface area contributed by atoms with Crippen LogP contribution in [0.25, 0.3) is 0 Å². The van der Waals surface area contributed by atoms with E-state index in [0.717, 1.165) is 24.2 Å². The van der Waals surface area contributed by atoms with E-state index in [9.17, 15) is 8.42 Å². The minimum absolute atomic E-state index is 0.234. The number of anilines is 2. The van der Waals surface area contributed by atoms with Crippen LogP contribution in [0.3, 0.4) is 0 Å². The molecule has 2 aromatic rings. The number of nitrogens with one attached hydrogen (secondary N) is 1. The second-order valence-electron chi connectivity index (χ2n) is 5.00. The van der Waals surface area contributed by atoms with Gasteiger partial charge in [-0.2, -0.15) is 0 Å². The lowest BCUT2D eigenvalue weighted by Gasteiger charge is -2.19. The van der Waals surface area contributed by atoms with Crippen LogP contribution in [0.1, 0.15) is 11.4 Å². The summed E-state index contributed by atoms with van der Waals surface area (Å²) in [6, 6.07) is 6.81. The smallest absolute Gasteiger partial charge is 0.240 e. The summed E-state index contributed by atoms with van der Waals surface area (Å²) in [4.78, 5) is 10.6. The lowest BCUT2D eigenvalue weighted by Crippen LogP contribution is -2.19. The standard InChI is InChI=1S/C14H15ClN4O2S/c1-9-17-13(15)8-14(18-9)19-6-5-10-3-4-11(7-12(10)19)22(20,21)16-2/h3-4,7-8,16H,5-6H2,1-2H3. The van der Waals surface area contributed by atoms with Gasteiger partial charge in [-0.1, -0.05) is 17.7 Å². The summed E-state index contributed by atoms with van der Waals surface area (Å²) >= 11 is 6.00. The van der Waals surface area contributed by atoms with Gasteiger partial charge in [0.05, 0.1) is 4.90 Å². The third-order valence-electron chi connectivity index (χ3n) is 3.60. The molecule has 8 heteroatoms. The molecule has 0 aliphatic carbocycles. The molecule has 1 aromatic carbocycles. The molecule has 1 N–H and O–H groups in total. The highest BCUT2D eigenvalue weighted by Gasteiger charge is 2.24. The molecule has 22 heavy (non-hydrogen) atoms. The average molecular weight is 339 g/mol. The van der Waals surface area contributed by atoms with Crippen LogP contribution in [0.15, 0.2) is 29.2 Å². The molecular weight excluding hydrogens is 324 g/mol. The molecule has 0 bridgehead atoms. The summed E-state index contributed by atoms with van der Waals surface area (Å²) in [5.74, 6) is 1.25. The second kappa shape index (κ2) is 5.49. The van der Waals surface area contributed by atoms with Crippen LogP contribution in [0.4, 0.5) is 11.5 Å². The Kier molecular flexibility index (Phi) is 3.80. The van der Waals surface area contributed by atoms with E-state index in [0.29, 0.717) is 16.8 Å². The number of halogens is 1. The lowest BCUT2D eigenvalue weighted by molar-refractivity contribution is 0.588. The van der Waals surface area contributed by atoms with Crippen molar-refractivity contribution in [2.45, 2.75) is 18.2 Å². The van der Waals surface area contributed by atoms with Crippen LogP contribution in [0.2, 0.25) is 5.15 Å². The van der Waals surface area contributed by atoms with Gasteiger partial charge in [0.25, 0.3) is 0 Å².